The third-order valence-electron chi connectivity index (χ3n) is 5.61. The summed E-state index contributed by atoms with van der Waals surface area (Å²) in [7, 11) is 0. The first-order valence-electron chi connectivity index (χ1n) is 11.1. The fourth-order valence-electron chi connectivity index (χ4n) is 3.97. The van der Waals surface area contributed by atoms with Gasteiger partial charge in [0.25, 0.3) is 5.56 Å². The number of unbranched alkanes of at least 4 members (excludes halogenated alkanes) is 2. The number of aryl methyl sites for hydroxylation is 1. The van der Waals surface area contributed by atoms with Crippen LogP contribution in [0.1, 0.15) is 49.4 Å². The van der Waals surface area contributed by atoms with Crippen LogP contribution < -0.4 is 11.2 Å². The Morgan fingerprint density at radius 1 is 1.09 bits per heavy atom. The Kier molecular flexibility index (Phi) is 6.99. The molecule has 0 N–H and O–H groups in total. The maximum absolute atomic E-state index is 13.1. The molecule has 1 aliphatic rings. The molecule has 0 bridgehead atoms. The summed E-state index contributed by atoms with van der Waals surface area (Å²) in [4.78, 5) is 34.6. The zero-order valence-corrected chi connectivity index (χ0v) is 19.0. The molecule has 0 fully saturated rings. The van der Waals surface area contributed by atoms with Crippen LogP contribution in [-0.2, 0) is 32.5 Å². The summed E-state index contributed by atoms with van der Waals surface area (Å²) in [5, 5.41) is 4.76. The lowest BCUT2D eigenvalue weighted by molar-refractivity contribution is 0.513. The van der Waals surface area contributed by atoms with Crippen LogP contribution in [0.25, 0.3) is 0 Å². The van der Waals surface area contributed by atoms with Crippen molar-refractivity contribution < 1.29 is 0 Å². The van der Waals surface area contributed by atoms with Crippen molar-refractivity contribution in [2.24, 2.45) is 4.99 Å². The summed E-state index contributed by atoms with van der Waals surface area (Å²) >= 11 is 6.10. The van der Waals surface area contributed by atoms with Crippen molar-refractivity contribution in [2.45, 2.75) is 65.1 Å². The highest BCUT2D eigenvalue weighted by atomic mass is 35.5. The van der Waals surface area contributed by atoms with E-state index >= 15 is 0 Å². The smallest absolute Gasteiger partial charge is 0.278 e. The zero-order chi connectivity index (χ0) is 22.5. The fourth-order valence-corrected chi connectivity index (χ4v) is 4.18. The number of rotatable bonds is 10. The predicted molar refractivity (Wildman–Crippen MR) is 125 cm³/mol. The normalized spacial score (nSPS) is 12.8. The molecule has 4 rings (SSSR count). The molecule has 3 aromatic rings. The Morgan fingerprint density at radius 2 is 1.94 bits per heavy atom. The van der Waals surface area contributed by atoms with Crippen molar-refractivity contribution in [2.75, 3.05) is 0 Å². The zero-order valence-electron chi connectivity index (χ0n) is 18.2. The minimum Gasteiger partial charge on any atom is -0.278 e. The number of hydrogen-bond donors (Lipinski definition) is 0. The number of pyridine rings is 1. The van der Waals surface area contributed by atoms with E-state index < -0.39 is 0 Å². The van der Waals surface area contributed by atoms with Crippen LogP contribution in [0.15, 0.2) is 51.4 Å². The van der Waals surface area contributed by atoms with E-state index in [1.54, 1.807) is 10.8 Å². The highest BCUT2D eigenvalue weighted by Crippen LogP contribution is 2.24. The topological polar surface area (TPSA) is 87.1 Å². The minimum atomic E-state index is -0.300. The van der Waals surface area contributed by atoms with Gasteiger partial charge in [0.05, 0.1) is 24.0 Å². The highest BCUT2D eigenvalue weighted by Gasteiger charge is 2.24. The van der Waals surface area contributed by atoms with E-state index in [1.807, 2.05) is 35.3 Å². The molecule has 1 aliphatic heterocycles. The Bertz CT molecular complexity index is 1230. The molecule has 0 atom stereocenters. The lowest BCUT2D eigenvalue weighted by Crippen LogP contribution is -2.41. The van der Waals surface area contributed by atoms with E-state index in [9.17, 15) is 9.59 Å². The van der Waals surface area contributed by atoms with Gasteiger partial charge < -0.3 is 0 Å². The first-order chi connectivity index (χ1) is 15.6. The Labute approximate surface area is 191 Å². The molecular formula is C23H27ClN6O2. The monoisotopic (exact) mass is 454 g/mol. The van der Waals surface area contributed by atoms with Gasteiger partial charge in [0.15, 0.2) is 0 Å². The van der Waals surface area contributed by atoms with E-state index in [0.717, 1.165) is 36.9 Å². The molecule has 3 aromatic heterocycles. The van der Waals surface area contributed by atoms with Gasteiger partial charge >= 0.3 is 5.69 Å². The molecule has 0 radical (unpaired) electrons. The maximum atomic E-state index is 13.1. The van der Waals surface area contributed by atoms with Crippen LogP contribution in [0.4, 0.5) is 5.82 Å². The first kappa shape index (κ1) is 22.2. The molecule has 9 heteroatoms. The molecule has 4 heterocycles. The average molecular weight is 455 g/mol. The van der Waals surface area contributed by atoms with Gasteiger partial charge in [-0.25, -0.2) is 9.79 Å². The molecule has 0 saturated carbocycles. The summed E-state index contributed by atoms with van der Waals surface area (Å²) in [6.07, 6.45) is 10.2. The molecule has 0 spiro atoms. The molecule has 168 valence electrons. The van der Waals surface area contributed by atoms with Gasteiger partial charge in [-0.15, -0.1) is 0 Å². The Hall–Kier alpha value is -3.00. The van der Waals surface area contributed by atoms with Gasteiger partial charge in [-0.2, -0.15) is 5.10 Å². The maximum Gasteiger partial charge on any atom is 0.332 e. The molecule has 0 unspecified atom stereocenters. The van der Waals surface area contributed by atoms with Crippen molar-refractivity contribution >= 4 is 22.6 Å². The SMILES string of the molecule is CCCCCn1c2c(c(=O)n(CCCc3cnn(Cc4ccccn4)c3)c1=O)CC(Cl)=N2. The van der Waals surface area contributed by atoms with Gasteiger partial charge in [-0.3, -0.25) is 23.6 Å². The number of halogens is 1. The van der Waals surface area contributed by atoms with Crippen molar-refractivity contribution in [3.63, 3.8) is 0 Å². The number of fused-ring (bicyclic) bond motifs is 1. The third kappa shape index (κ3) is 4.91. The van der Waals surface area contributed by atoms with Gasteiger partial charge in [0.1, 0.15) is 11.0 Å². The summed E-state index contributed by atoms with van der Waals surface area (Å²) in [5.41, 5.74) is 1.95. The van der Waals surface area contributed by atoms with E-state index in [4.69, 9.17) is 11.6 Å². The van der Waals surface area contributed by atoms with Crippen LogP contribution >= 0.6 is 11.6 Å². The minimum absolute atomic E-state index is 0.276. The summed E-state index contributed by atoms with van der Waals surface area (Å²) in [6, 6.07) is 5.80. The fraction of sp³-hybridized carbons (Fsp3) is 0.435. The molecule has 8 nitrogen and oxygen atoms in total. The second-order valence-electron chi connectivity index (χ2n) is 8.04. The number of hydrogen-bond acceptors (Lipinski definition) is 5. The van der Waals surface area contributed by atoms with Crippen LogP contribution in [0, 0.1) is 0 Å². The third-order valence-corrected chi connectivity index (χ3v) is 5.83. The quantitative estimate of drug-likeness (QED) is 0.440. The number of aromatic nitrogens is 5. The van der Waals surface area contributed by atoms with Crippen LogP contribution in [-0.4, -0.2) is 29.1 Å². The van der Waals surface area contributed by atoms with Gasteiger partial charge in [-0.1, -0.05) is 37.4 Å². The van der Waals surface area contributed by atoms with Crippen LogP contribution in [0.5, 0.6) is 0 Å². The van der Waals surface area contributed by atoms with Crippen molar-refractivity contribution in [1.82, 2.24) is 23.9 Å². The van der Waals surface area contributed by atoms with Gasteiger partial charge in [0, 0.05) is 31.9 Å². The molecule has 0 aromatic carbocycles. The van der Waals surface area contributed by atoms with E-state index in [2.05, 4.69) is 22.0 Å². The molecule has 0 amide bonds. The lowest BCUT2D eigenvalue weighted by Gasteiger charge is -2.14. The van der Waals surface area contributed by atoms with E-state index in [1.165, 1.54) is 4.57 Å². The second-order valence-corrected chi connectivity index (χ2v) is 8.47. The average Bonchev–Trinajstić information content (AvgIpc) is 3.40. The first-order valence-corrected chi connectivity index (χ1v) is 11.5. The summed E-state index contributed by atoms with van der Waals surface area (Å²) in [6.45, 7) is 3.61. The largest absolute Gasteiger partial charge is 0.332 e. The Balaban J connectivity index is 1.46. The van der Waals surface area contributed by atoms with Crippen LogP contribution in [0.3, 0.4) is 0 Å². The molecule has 32 heavy (non-hydrogen) atoms. The lowest BCUT2D eigenvalue weighted by atomic mass is 10.2. The number of nitrogens with zero attached hydrogens (tertiary/aromatic N) is 6. The van der Waals surface area contributed by atoms with E-state index in [0.29, 0.717) is 49.0 Å². The van der Waals surface area contributed by atoms with Crippen LogP contribution in [0.2, 0.25) is 0 Å². The van der Waals surface area contributed by atoms with Gasteiger partial charge in [0.2, 0.25) is 0 Å². The van der Waals surface area contributed by atoms with Crippen molar-refractivity contribution in [3.05, 3.63) is 74.4 Å². The summed E-state index contributed by atoms with van der Waals surface area (Å²) in [5.74, 6) is 0.438. The van der Waals surface area contributed by atoms with Crippen molar-refractivity contribution in [3.8, 4) is 0 Å². The second kappa shape index (κ2) is 10.1. The van der Waals surface area contributed by atoms with Gasteiger partial charge in [-0.05, 0) is 37.0 Å². The Morgan fingerprint density at radius 3 is 2.72 bits per heavy atom. The van der Waals surface area contributed by atoms with E-state index in [-0.39, 0.29) is 11.2 Å². The number of aliphatic imine (C=N–C) groups is 1. The standard InChI is InChI=1S/C23H27ClN6O2/c1-2-3-6-11-29-21-19(13-20(24)27-21)22(31)30(23(29)32)12-7-8-17-14-26-28(15-17)16-18-9-4-5-10-25-18/h4-5,9-10,14-15H,2-3,6-8,11-13,16H2,1H3. The van der Waals surface area contributed by atoms with Crippen molar-refractivity contribution in [1.29, 1.82) is 0 Å². The molecule has 0 saturated heterocycles. The highest BCUT2D eigenvalue weighted by molar-refractivity contribution is 6.66. The summed E-state index contributed by atoms with van der Waals surface area (Å²) < 4.78 is 4.81. The predicted octanol–water partition coefficient (Wildman–Crippen LogP) is 3.30. The molecule has 0 aliphatic carbocycles. The molecular weight excluding hydrogens is 428 g/mol.